The van der Waals surface area contributed by atoms with E-state index in [1.165, 1.54) is 5.56 Å². The molecule has 3 aromatic rings. The van der Waals surface area contributed by atoms with Gasteiger partial charge in [-0.05, 0) is 49.1 Å². The smallest absolute Gasteiger partial charge is 0.270 e. The Labute approximate surface area is 170 Å². The Hall–Kier alpha value is -2.92. The fourth-order valence-corrected chi connectivity index (χ4v) is 2.92. The molecule has 0 fully saturated rings. The normalized spacial score (nSPS) is 10.5. The number of carbonyl (C=O) groups is 1. The van der Waals surface area contributed by atoms with Crippen LogP contribution in [0.1, 0.15) is 27.3 Å². The van der Waals surface area contributed by atoms with E-state index in [1.807, 2.05) is 49.4 Å². The molecule has 0 saturated carbocycles. The highest BCUT2D eigenvalue weighted by Crippen LogP contribution is 2.10. The van der Waals surface area contributed by atoms with Gasteiger partial charge in [-0.1, -0.05) is 54.1 Å². The summed E-state index contributed by atoms with van der Waals surface area (Å²) in [5.74, 6) is 0.268. The van der Waals surface area contributed by atoms with Gasteiger partial charge in [0.25, 0.3) is 5.91 Å². The first-order chi connectivity index (χ1) is 13.6. The van der Waals surface area contributed by atoms with Crippen molar-refractivity contribution in [3.63, 3.8) is 0 Å². The summed E-state index contributed by atoms with van der Waals surface area (Å²) in [4.78, 5) is 21.2. The van der Waals surface area contributed by atoms with Crippen LogP contribution in [0.15, 0.2) is 60.7 Å². The standard InChI is InChI=1S/C22H23ClN4O/c1-16-15-20(21(28)24-13-11-18-7-9-19(23)10-8-18)27-22(26-16)25-14-12-17-5-3-2-4-6-17/h2-10,15H,11-14H2,1H3,(H,24,28)(H,25,26,27). The number of aromatic nitrogens is 2. The molecule has 1 amide bonds. The molecule has 5 nitrogen and oxygen atoms in total. The average molecular weight is 395 g/mol. The molecule has 0 atom stereocenters. The Morgan fingerprint density at radius 1 is 0.929 bits per heavy atom. The van der Waals surface area contributed by atoms with Crippen LogP contribution < -0.4 is 10.6 Å². The largest absolute Gasteiger partial charge is 0.354 e. The van der Waals surface area contributed by atoms with Gasteiger partial charge in [-0.25, -0.2) is 9.97 Å². The second-order valence-electron chi connectivity index (χ2n) is 6.51. The van der Waals surface area contributed by atoms with E-state index in [4.69, 9.17) is 11.6 Å². The maximum atomic E-state index is 12.4. The quantitative estimate of drug-likeness (QED) is 0.604. The zero-order valence-corrected chi connectivity index (χ0v) is 16.5. The third kappa shape index (κ3) is 6.06. The molecule has 1 heterocycles. The van der Waals surface area contributed by atoms with Gasteiger partial charge in [0.15, 0.2) is 0 Å². The van der Waals surface area contributed by atoms with Gasteiger partial charge in [-0.2, -0.15) is 0 Å². The predicted molar refractivity (Wildman–Crippen MR) is 113 cm³/mol. The van der Waals surface area contributed by atoms with Crippen LogP contribution in [0.5, 0.6) is 0 Å². The fourth-order valence-electron chi connectivity index (χ4n) is 2.79. The Balaban J connectivity index is 1.52. The first-order valence-electron chi connectivity index (χ1n) is 9.26. The van der Waals surface area contributed by atoms with Gasteiger partial charge in [0.05, 0.1) is 0 Å². The van der Waals surface area contributed by atoms with E-state index in [2.05, 4.69) is 32.7 Å². The van der Waals surface area contributed by atoms with E-state index < -0.39 is 0 Å². The molecule has 0 saturated heterocycles. The first-order valence-corrected chi connectivity index (χ1v) is 9.64. The number of amides is 1. The van der Waals surface area contributed by atoms with Crippen LogP contribution in [0.2, 0.25) is 5.02 Å². The Morgan fingerprint density at radius 2 is 1.61 bits per heavy atom. The number of rotatable bonds is 8. The second kappa shape index (κ2) is 9.85. The number of carbonyl (C=O) groups excluding carboxylic acids is 1. The summed E-state index contributed by atoms with van der Waals surface area (Å²) in [6.45, 7) is 3.08. The molecule has 0 aliphatic rings. The van der Waals surface area contributed by atoms with Gasteiger partial charge in [-0.3, -0.25) is 4.79 Å². The summed E-state index contributed by atoms with van der Waals surface area (Å²) in [7, 11) is 0. The number of nitrogens with one attached hydrogen (secondary N) is 2. The molecule has 2 N–H and O–H groups in total. The second-order valence-corrected chi connectivity index (χ2v) is 6.95. The average Bonchev–Trinajstić information content (AvgIpc) is 2.70. The highest BCUT2D eigenvalue weighted by molar-refractivity contribution is 6.30. The number of hydrogen-bond donors (Lipinski definition) is 2. The molecule has 0 radical (unpaired) electrons. The minimum Gasteiger partial charge on any atom is -0.354 e. The number of halogens is 1. The molecule has 28 heavy (non-hydrogen) atoms. The molecule has 0 spiro atoms. The molecule has 0 bridgehead atoms. The molecule has 6 heteroatoms. The summed E-state index contributed by atoms with van der Waals surface area (Å²) in [6, 6.07) is 19.5. The van der Waals surface area contributed by atoms with Crippen molar-refractivity contribution in [1.82, 2.24) is 15.3 Å². The zero-order valence-electron chi connectivity index (χ0n) is 15.8. The minimum atomic E-state index is -0.203. The van der Waals surface area contributed by atoms with Crippen LogP contribution in [-0.2, 0) is 12.8 Å². The van der Waals surface area contributed by atoms with Crippen LogP contribution in [0.3, 0.4) is 0 Å². The predicted octanol–water partition coefficient (Wildman–Crippen LogP) is 4.07. The van der Waals surface area contributed by atoms with Gasteiger partial charge in [0.2, 0.25) is 5.95 Å². The molecular formula is C22H23ClN4O. The van der Waals surface area contributed by atoms with Crippen molar-refractivity contribution in [2.45, 2.75) is 19.8 Å². The Kier molecular flexibility index (Phi) is 6.98. The maximum absolute atomic E-state index is 12.4. The van der Waals surface area contributed by atoms with Crippen molar-refractivity contribution in [2.75, 3.05) is 18.4 Å². The van der Waals surface area contributed by atoms with E-state index in [-0.39, 0.29) is 5.91 Å². The summed E-state index contributed by atoms with van der Waals surface area (Å²) in [6.07, 6.45) is 1.59. The Morgan fingerprint density at radius 3 is 2.36 bits per heavy atom. The van der Waals surface area contributed by atoms with Gasteiger partial charge in [-0.15, -0.1) is 0 Å². The molecule has 0 aliphatic heterocycles. The van der Waals surface area contributed by atoms with Crippen LogP contribution in [0, 0.1) is 6.92 Å². The number of hydrogen-bond acceptors (Lipinski definition) is 4. The number of benzene rings is 2. The third-order valence-electron chi connectivity index (χ3n) is 4.24. The van der Waals surface area contributed by atoms with Crippen LogP contribution in [0.4, 0.5) is 5.95 Å². The molecule has 1 aromatic heterocycles. The molecule has 0 aliphatic carbocycles. The third-order valence-corrected chi connectivity index (χ3v) is 4.49. The fraction of sp³-hybridized carbons (Fsp3) is 0.227. The van der Waals surface area contributed by atoms with Crippen molar-refractivity contribution in [3.8, 4) is 0 Å². The summed E-state index contributed by atoms with van der Waals surface area (Å²) in [5.41, 5.74) is 3.47. The van der Waals surface area contributed by atoms with Crippen molar-refractivity contribution in [3.05, 3.63) is 88.2 Å². The monoisotopic (exact) mass is 394 g/mol. The van der Waals surface area contributed by atoms with E-state index in [0.717, 1.165) is 24.1 Å². The van der Waals surface area contributed by atoms with E-state index >= 15 is 0 Å². The SMILES string of the molecule is Cc1cc(C(=O)NCCc2ccc(Cl)cc2)nc(NCCc2ccccc2)n1. The van der Waals surface area contributed by atoms with E-state index in [0.29, 0.717) is 29.8 Å². The highest BCUT2D eigenvalue weighted by Gasteiger charge is 2.10. The van der Waals surface area contributed by atoms with Gasteiger partial charge in [0, 0.05) is 23.8 Å². The van der Waals surface area contributed by atoms with Crippen molar-refractivity contribution in [1.29, 1.82) is 0 Å². The zero-order chi connectivity index (χ0) is 19.8. The lowest BCUT2D eigenvalue weighted by Gasteiger charge is -2.09. The van der Waals surface area contributed by atoms with Crippen LogP contribution >= 0.6 is 11.6 Å². The van der Waals surface area contributed by atoms with Crippen LogP contribution in [0.25, 0.3) is 0 Å². The maximum Gasteiger partial charge on any atom is 0.270 e. The Bertz CT molecular complexity index is 914. The van der Waals surface area contributed by atoms with Crippen molar-refractivity contribution in [2.24, 2.45) is 0 Å². The van der Waals surface area contributed by atoms with Crippen LogP contribution in [-0.4, -0.2) is 29.0 Å². The molecule has 0 unspecified atom stereocenters. The first kappa shape index (κ1) is 19.8. The molecule has 2 aromatic carbocycles. The summed E-state index contributed by atoms with van der Waals surface area (Å²) in [5, 5.41) is 6.82. The lowest BCUT2D eigenvalue weighted by molar-refractivity contribution is 0.0949. The summed E-state index contributed by atoms with van der Waals surface area (Å²) < 4.78 is 0. The van der Waals surface area contributed by atoms with Crippen molar-refractivity contribution >= 4 is 23.5 Å². The number of nitrogens with zero attached hydrogens (tertiary/aromatic N) is 2. The number of anilines is 1. The van der Waals surface area contributed by atoms with E-state index in [1.54, 1.807) is 6.07 Å². The molecular weight excluding hydrogens is 372 g/mol. The number of aryl methyl sites for hydroxylation is 1. The minimum absolute atomic E-state index is 0.203. The van der Waals surface area contributed by atoms with Gasteiger partial charge in [0.1, 0.15) is 5.69 Å². The summed E-state index contributed by atoms with van der Waals surface area (Å²) >= 11 is 5.89. The molecule has 144 valence electrons. The highest BCUT2D eigenvalue weighted by atomic mass is 35.5. The van der Waals surface area contributed by atoms with Crippen molar-refractivity contribution < 1.29 is 4.79 Å². The van der Waals surface area contributed by atoms with Gasteiger partial charge < -0.3 is 10.6 Å². The lowest BCUT2D eigenvalue weighted by atomic mass is 10.1. The molecule has 3 rings (SSSR count). The van der Waals surface area contributed by atoms with Gasteiger partial charge >= 0.3 is 0 Å². The topological polar surface area (TPSA) is 66.9 Å². The van der Waals surface area contributed by atoms with E-state index in [9.17, 15) is 4.79 Å². The lowest BCUT2D eigenvalue weighted by Crippen LogP contribution is -2.27.